The standard InChI is InChI=1S/C37H51N5O13S2/c1-36(2,3)55-35(47)42(56(4,48)49)28-11-9-7-5-6-8-10-24-18-37(24,33(45)40-57(50,51)26-14-15-26)39-30(43)17-13-25(19-38-32(28)44)54-34(46)41-20-23-12-16-29-31(27(23)21-41)53-22-52-29/h8,10,12,16,24-26,28H,5-7,9,11,13-15,17-22H2,1-4H3,(H,38,44)(H,39,43)(H,40,45)/b10-8-/t24-,25-,28+,37-/m1/s1. The third kappa shape index (κ3) is 10.1. The highest BCUT2D eigenvalue weighted by Gasteiger charge is 2.61. The van der Waals surface area contributed by atoms with Crippen LogP contribution in [0.1, 0.15) is 96.1 Å². The van der Waals surface area contributed by atoms with E-state index in [9.17, 15) is 40.8 Å². The number of carbonyl (C=O) groups is 5. The topological polar surface area (TPSA) is 233 Å². The summed E-state index contributed by atoms with van der Waals surface area (Å²) < 4.78 is 76.4. The molecule has 18 nitrogen and oxygen atoms in total. The molecule has 4 atom stereocenters. The van der Waals surface area contributed by atoms with Gasteiger partial charge >= 0.3 is 12.2 Å². The van der Waals surface area contributed by atoms with E-state index < -0.39 is 84.4 Å². The van der Waals surface area contributed by atoms with Crippen LogP contribution in [0.4, 0.5) is 9.59 Å². The van der Waals surface area contributed by atoms with Gasteiger partial charge in [-0.15, -0.1) is 0 Å². The van der Waals surface area contributed by atoms with Crippen LogP contribution in [0.25, 0.3) is 0 Å². The van der Waals surface area contributed by atoms with Gasteiger partial charge in [0.05, 0.1) is 24.6 Å². The molecule has 57 heavy (non-hydrogen) atoms. The van der Waals surface area contributed by atoms with E-state index >= 15 is 0 Å². The maximum absolute atomic E-state index is 13.9. The van der Waals surface area contributed by atoms with E-state index in [0.29, 0.717) is 54.3 Å². The van der Waals surface area contributed by atoms with Gasteiger partial charge in [-0.05, 0) is 77.3 Å². The largest absolute Gasteiger partial charge is 0.454 e. The Bertz CT molecular complexity index is 2030. The number of benzene rings is 1. The summed E-state index contributed by atoms with van der Waals surface area (Å²) in [5.41, 5.74) is -0.985. The Balaban J connectivity index is 1.23. The predicted octanol–water partition coefficient (Wildman–Crippen LogP) is 2.70. The highest BCUT2D eigenvalue weighted by Crippen LogP contribution is 2.46. The Labute approximate surface area is 332 Å². The van der Waals surface area contributed by atoms with Crippen molar-refractivity contribution in [2.45, 2.75) is 127 Å². The number of allylic oxidation sites excluding steroid dienone is 1. The zero-order valence-electron chi connectivity index (χ0n) is 32.5. The van der Waals surface area contributed by atoms with Crippen molar-refractivity contribution in [3.8, 4) is 11.5 Å². The van der Waals surface area contributed by atoms with E-state index in [0.717, 1.165) is 17.4 Å². The number of ether oxygens (including phenoxy) is 4. The molecule has 1 aromatic rings. The van der Waals surface area contributed by atoms with Crippen LogP contribution in [-0.2, 0) is 57.0 Å². The minimum absolute atomic E-state index is 0.0434. The molecule has 314 valence electrons. The average molecular weight is 838 g/mol. The summed E-state index contributed by atoms with van der Waals surface area (Å²) in [5.74, 6) is -1.67. The van der Waals surface area contributed by atoms with Crippen molar-refractivity contribution in [1.82, 2.24) is 24.6 Å². The average Bonchev–Trinajstić information content (AvgIpc) is 3.98. The second-order valence-corrected chi connectivity index (χ2v) is 20.0. The van der Waals surface area contributed by atoms with Gasteiger partial charge in [-0.3, -0.25) is 24.0 Å². The first-order chi connectivity index (χ1) is 26.8. The molecule has 20 heteroatoms. The van der Waals surface area contributed by atoms with Crippen molar-refractivity contribution < 1.29 is 59.8 Å². The first kappa shape index (κ1) is 42.0. The molecule has 2 saturated carbocycles. The maximum Gasteiger partial charge on any atom is 0.424 e. The van der Waals surface area contributed by atoms with Crippen LogP contribution in [-0.4, -0.2) is 104 Å². The smallest absolute Gasteiger partial charge is 0.424 e. The van der Waals surface area contributed by atoms with Crippen LogP contribution < -0.4 is 24.8 Å². The quantitative estimate of drug-likeness (QED) is 0.350. The van der Waals surface area contributed by atoms with Gasteiger partial charge in [-0.1, -0.05) is 31.1 Å². The molecule has 3 heterocycles. The van der Waals surface area contributed by atoms with Crippen LogP contribution in [0.15, 0.2) is 24.3 Å². The van der Waals surface area contributed by atoms with Crippen LogP contribution >= 0.6 is 0 Å². The second-order valence-electron chi connectivity index (χ2n) is 16.2. The lowest BCUT2D eigenvalue weighted by Gasteiger charge is -2.31. The molecule has 3 aliphatic heterocycles. The fourth-order valence-electron chi connectivity index (χ4n) is 7.19. The van der Waals surface area contributed by atoms with E-state index in [1.165, 1.54) is 4.90 Å². The van der Waals surface area contributed by atoms with Crippen molar-refractivity contribution in [1.29, 1.82) is 0 Å². The zero-order chi connectivity index (χ0) is 41.3. The van der Waals surface area contributed by atoms with Gasteiger partial charge in [0.1, 0.15) is 23.3 Å². The number of hydrogen-bond acceptors (Lipinski definition) is 13. The first-order valence-corrected chi connectivity index (χ1v) is 22.6. The lowest BCUT2D eigenvalue weighted by Crippen LogP contribution is -2.54. The number of fused-ring (bicyclic) bond motifs is 4. The number of sulfonamides is 2. The molecule has 0 unspecified atom stereocenters. The van der Waals surface area contributed by atoms with E-state index in [4.69, 9.17) is 18.9 Å². The van der Waals surface area contributed by atoms with Crippen molar-refractivity contribution in [2.75, 3.05) is 19.6 Å². The molecular weight excluding hydrogens is 787 g/mol. The highest BCUT2D eigenvalue weighted by atomic mass is 32.2. The van der Waals surface area contributed by atoms with E-state index in [2.05, 4.69) is 15.4 Å². The molecule has 1 aromatic carbocycles. The monoisotopic (exact) mass is 837 g/mol. The molecule has 3 N–H and O–H groups in total. The molecule has 0 radical (unpaired) electrons. The van der Waals surface area contributed by atoms with Crippen molar-refractivity contribution >= 4 is 50.0 Å². The minimum Gasteiger partial charge on any atom is -0.454 e. The third-order valence-corrected chi connectivity index (χ3v) is 13.3. The van der Waals surface area contributed by atoms with Crippen molar-refractivity contribution in [3.05, 3.63) is 35.4 Å². The van der Waals surface area contributed by atoms with Crippen LogP contribution in [0, 0.1) is 5.92 Å². The van der Waals surface area contributed by atoms with Gasteiger partial charge < -0.3 is 29.6 Å². The maximum atomic E-state index is 13.9. The van der Waals surface area contributed by atoms with E-state index in [1.54, 1.807) is 32.9 Å². The lowest BCUT2D eigenvalue weighted by atomic mass is 10.1. The highest BCUT2D eigenvalue weighted by molar-refractivity contribution is 7.91. The van der Waals surface area contributed by atoms with Gasteiger partial charge in [0.15, 0.2) is 11.5 Å². The molecular formula is C37H51N5O13S2. The molecule has 5 amide bonds. The molecule has 6 rings (SSSR count). The zero-order valence-corrected chi connectivity index (χ0v) is 34.2. The fourth-order valence-corrected chi connectivity index (χ4v) is 9.52. The van der Waals surface area contributed by atoms with Gasteiger partial charge in [0.2, 0.25) is 38.7 Å². The Morgan fingerprint density at radius 2 is 1.75 bits per heavy atom. The van der Waals surface area contributed by atoms with Gasteiger partial charge in [0, 0.05) is 24.4 Å². The SMILES string of the molecule is CC(C)(C)OC(=O)N([C@H]1CCCCC/C=C\[C@@H]2C[C@@]2(C(=O)NS(=O)(=O)C2CC2)NC(=O)CC[C@@H](OC(=O)N2Cc3ccc4c(c3C2)OCO4)CNC1=O)S(C)(=O)=O. The van der Waals surface area contributed by atoms with E-state index in [-0.39, 0.29) is 52.1 Å². The summed E-state index contributed by atoms with van der Waals surface area (Å²) in [6.45, 7) is 4.70. The summed E-state index contributed by atoms with van der Waals surface area (Å²) in [6.07, 6.45) is 3.87. The summed E-state index contributed by atoms with van der Waals surface area (Å²) >= 11 is 0. The van der Waals surface area contributed by atoms with Crippen molar-refractivity contribution in [3.63, 3.8) is 0 Å². The lowest BCUT2D eigenvalue weighted by molar-refractivity contribution is -0.129. The summed E-state index contributed by atoms with van der Waals surface area (Å²) in [7, 11) is -8.22. The fraction of sp³-hybridized carbons (Fsp3) is 0.649. The van der Waals surface area contributed by atoms with E-state index in [1.807, 2.05) is 12.1 Å². The Hall–Kier alpha value is -4.59. The molecule has 5 aliphatic rings. The van der Waals surface area contributed by atoms with Gasteiger partial charge in [-0.2, -0.15) is 4.31 Å². The number of nitrogens with zero attached hydrogens (tertiary/aromatic N) is 2. The molecule has 0 spiro atoms. The molecule has 0 bridgehead atoms. The number of nitrogens with one attached hydrogen (secondary N) is 3. The summed E-state index contributed by atoms with van der Waals surface area (Å²) in [4.78, 5) is 69.3. The minimum atomic E-state index is -4.32. The first-order valence-electron chi connectivity index (χ1n) is 19.2. The molecule has 0 saturated heterocycles. The third-order valence-electron chi connectivity index (χ3n) is 10.4. The Morgan fingerprint density at radius 1 is 1.00 bits per heavy atom. The van der Waals surface area contributed by atoms with Gasteiger partial charge in [-0.25, -0.2) is 26.4 Å². The number of amides is 5. The van der Waals surface area contributed by atoms with Crippen LogP contribution in [0.5, 0.6) is 11.5 Å². The molecule has 2 aliphatic carbocycles. The Kier molecular flexibility index (Phi) is 12.0. The van der Waals surface area contributed by atoms with Gasteiger partial charge in [0.25, 0.3) is 5.91 Å². The molecule has 2 fully saturated rings. The Morgan fingerprint density at radius 3 is 2.46 bits per heavy atom. The van der Waals surface area contributed by atoms with Crippen molar-refractivity contribution in [2.24, 2.45) is 5.92 Å². The van der Waals surface area contributed by atoms with Crippen LogP contribution in [0.3, 0.4) is 0 Å². The normalized spacial score (nSPS) is 26.3. The second kappa shape index (κ2) is 16.3. The number of rotatable bonds is 6. The van der Waals surface area contributed by atoms with Crippen LogP contribution in [0.2, 0.25) is 0 Å². The predicted molar refractivity (Wildman–Crippen MR) is 202 cm³/mol. The number of carbonyl (C=O) groups excluding carboxylic acids is 5. The summed E-state index contributed by atoms with van der Waals surface area (Å²) in [5, 5.41) is 4.74. The summed E-state index contributed by atoms with van der Waals surface area (Å²) in [6, 6.07) is 2.06. The molecule has 0 aromatic heterocycles. The number of hydrogen-bond donors (Lipinski definition) is 3.